The van der Waals surface area contributed by atoms with Crippen molar-refractivity contribution in [2.45, 2.75) is 53.0 Å². The van der Waals surface area contributed by atoms with Crippen molar-refractivity contribution in [3.8, 4) is 0 Å². The standard InChI is InChI=1S/C13H19N.C2H6/c1-3-10(2)12-6-4-5-11-7-8-14-9-13(11)12;1-2/h4-6,10,14H,3,7-9H2,1-2H3;1-2H3. The zero-order chi connectivity index (χ0) is 12.0. The average molecular weight is 219 g/mol. The van der Waals surface area contributed by atoms with Gasteiger partial charge < -0.3 is 5.32 Å². The molecule has 0 aliphatic carbocycles. The molecule has 0 saturated heterocycles. The number of hydrogen-bond acceptors (Lipinski definition) is 1. The summed E-state index contributed by atoms with van der Waals surface area (Å²) in [7, 11) is 0. The Morgan fingerprint density at radius 2 is 2.06 bits per heavy atom. The molecule has 0 spiro atoms. The van der Waals surface area contributed by atoms with Gasteiger partial charge in [-0.05, 0) is 42.0 Å². The molecule has 1 unspecified atom stereocenters. The molecule has 1 aliphatic rings. The monoisotopic (exact) mass is 219 g/mol. The second kappa shape index (κ2) is 6.70. The molecule has 1 heteroatoms. The lowest BCUT2D eigenvalue weighted by atomic mass is 9.88. The van der Waals surface area contributed by atoms with E-state index in [4.69, 9.17) is 0 Å². The van der Waals surface area contributed by atoms with Gasteiger partial charge >= 0.3 is 0 Å². The number of benzene rings is 1. The molecule has 1 heterocycles. The Hall–Kier alpha value is -0.820. The summed E-state index contributed by atoms with van der Waals surface area (Å²) in [4.78, 5) is 0. The second-order valence-electron chi connectivity index (χ2n) is 4.22. The highest BCUT2D eigenvalue weighted by molar-refractivity contribution is 5.38. The predicted molar refractivity (Wildman–Crippen MR) is 71.9 cm³/mol. The van der Waals surface area contributed by atoms with Gasteiger partial charge in [-0.15, -0.1) is 0 Å². The van der Waals surface area contributed by atoms with Crippen LogP contribution in [-0.4, -0.2) is 6.54 Å². The minimum Gasteiger partial charge on any atom is -0.312 e. The Morgan fingerprint density at radius 3 is 2.75 bits per heavy atom. The Bertz CT molecular complexity index is 317. The normalized spacial score (nSPS) is 15.8. The van der Waals surface area contributed by atoms with Gasteiger partial charge in [-0.1, -0.05) is 45.9 Å². The predicted octanol–water partition coefficient (Wildman–Crippen LogP) is 3.87. The van der Waals surface area contributed by atoms with Crippen molar-refractivity contribution in [1.29, 1.82) is 0 Å². The van der Waals surface area contributed by atoms with Crippen LogP contribution in [-0.2, 0) is 13.0 Å². The summed E-state index contributed by atoms with van der Waals surface area (Å²) in [5, 5.41) is 3.46. The van der Waals surface area contributed by atoms with Gasteiger partial charge in [0.25, 0.3) is 0 Å². The maximum absolute atomic E-state index is 3.46. The summed E-state index contributed by atoms with van der Waals surface area (Å²) in [5.41, 5.74) is 4.67. The molecule has 0 bridgehead atoms. The van der Waals surface area contributed by atoms with Crippen LogP contribution in [0.4, 0.5) is 0 Å². The van der Waals surface area contributed by atoms with E-state index in [1.54, 1.807) is 16.7 Å². The maximum Gasteiger partial charge on any atom is 0.0211 e. The molecule has 0 amide bonds. The molecule has 1 N–H and O–H groups in total. The Labute approximate surface area is 100 Å². The molecule has 2 rings (SSSR count). The fourth-order valence-corrected chi connectivity index (χ4v) is 2.22. The third-order valence-corrected chi connectivity index (χ3v) is 3.33. The second-order valence-corrected chi connectivity index (χ2v) is 4.22. The highest BCUT2D eigenvalue weighted by Crippen LogP contribution is 2.26. The lowest BCUT2D eigenvalue weighted by Crippen LogP contribution is -2.25. The van der Waals surface area contributed by atoms with Gasteiger partial charge in [0.1, 0.15) is 0 Å². The van der Waals surface area contributed by atoms with Crippen LogP contribution < -0.4 is 5.32 Å². The minimum atomic E-state index is 0.699. The summed E-state index contributed by atoms with van der Waals surface area (Å²) in [6.45, 7) is 10.8. The van der Waals surface area contributed by atoms with Crippen molar-refractivity contribution < 1.29 is 0 Å². The van der Waals surface area contributed by atoms with E-state index < -0.39 is 0 Å². The van der Waals surface area contributed by atoms with Gasteiger partial charge in [-0.25, -0.2) is 0 Å². The van der Waals surface area contributed by atoms with E-state index in [1.165, 1.54) is 12.8 Å². The van der Waals surface area contributed by atoms with Crippen molar-refractivity contribution in [3.63, 3.8) is 0 Å². The van der Waals surface area contributed by atoms with Crippen LogP contribution in [0, 0.1) is 0 Å². The van der Waals surface area contributed by atoms with Crippen LogP contribution in [0.2, 0.25) is 0 Å². The van der Waals surface area contributed by atoms with Gasteiger partial charge in [-0.2, -0.15) is 0 Å². The van der Waals surface area contributed by atoms with E-state index in [-0.39, 0.29) is 0 Å². The Morgan fingerprint density at radius 1 is 1.31 bits per heavy atom. The molecule has 1 aromatic carbocycles. The lowest BCUT2D eigenvalue weighted by Gasteiger charge is -2.23. The first-order valence-corrected chi connectivity index (χ1v) is 6.64. The molecule has 16 heavy (non-hydrogen) atoms. The van der Waals surface area contributed by atoms with Crippen molar-refractivity contribution in [3.05, 3.63) is 34.9 Å². The van der Waals surface area contributed by atoms with Gasteiger partial charge in [-0.3, -0.25) is 0 Å². The van der Waals surface area contributed by atoms with Crippen LogP contribution in [0.1, 0.15) is 56.7 Å². The number of nitrogens with one attached hydrogen (secondary N) is 1. The SMILES string of the molecule is CC.CCC(C)c1cccc2c1CNCC2. The topological polar surface area (TPSA) is 12.0 Å². The number of hydrogen-bond donors (Lipinski definition) is 1. The zero-order valence-corrected chi connectivity index (χ0v) is 11.1. The van der Waals surface area contributed by atoms with E-state index in [2.05, 4.69) is 37.4 Å². The molecule has 1 nitrogen and oxygen atoms in total. The van der Waals surface area contributed by atoms with Gasteiger partial charge in [0.05, 0.1) is 0 Å². The van der Waals surface area contributed by atoms with E-state index in [0.717, 1.165) is 13.1 Å². The first kappa shape index (κ1) is 13.2. The molecule has 0 aromatic heterocycles. The van der Waals surface area contributed by atoms with E-state index in [0.29, 0.717) is 5.92 Å². The van der Waals surface area contributed by atoms with Crippen molar-refractivity contribution in [1.82, 2.24) is 5.32 Å². The third kappa shape index (κ3) is 2.85. The largest absolute Gasteiger partial charge is 0.312 e. The highest BCUT2D eigenvalue weighted by atomic mass is 14.9. The number of fused-ring (bicyclic) bond motifs is 1. The maximum atomic E-state index is 3.46. The van der Waals surface area contributed by atoms with Crippen LogP contribution in [0.15, 0.2) is 18.2 Å². The Kier molecular flexibility index (Phi) is 5.54. The summed E-state index contributed by atoms with van der Waals surface area (Å²) < 4.78 is 0. The fraction of sp³-hybridized carbons (Fsp3) is 0.600. The minimum absolute atomic E-state index is 0.699. The van der Waals surface area contributed by atoms with E-state index in [1.807, 2.05) is 13.8 Å². The van der Waals surface area contributed by atoms with Crippen LogP contribution in [0.5, 0.6) is 0 Å². The van der Waals surface area contributed by atoms with Gasteiger partial charge in [0.15, 0.2) is 0 Å². The smallest absolute Gasteiger partial charge is 0.0211 e. The molecular formula is C15H25N. The molecule has 1 atom stereocenters. The van der Waals surface area contributed by atoms with Crippen molar-refractivity contribution in [2.24, 2.45) is 0 Å². The van der Waals surface area contributed by atoms with Crippen LogP contribution in [0.25, 0.3) is 0 Å². The van der Waals surface area contributed by atoms with Crippen molar-refractivity contribution >= 4 is 0 Å². The summed E-state index contributed by atoms with van der Waals surface area (Å²) in [5.74, 6) is 0.699. The number of rotatable bonds is 2. The Balaban J connectivity index is 0.000000606. The molecule has 0 radical (unpaired) electrons. The first-order chi connectivity index (χ1) is 7.83. The average Bonchev–Trinajstić information content (AvgIpc) is 2.39. The van der Waals surface area contributed by atoms with E-state index >= 15 is 0 Å². The molecule has 0 fully saturated rings. The third-order valence-electron chi connectivity index (χ3n) is 3.33. The summed E-state index contributed by atoms with van der Waals surface area (Å²) in [6, 6.07) is 6.79. The van der Waals surface area contributed by atoms with Crippen LogP contribution in [0.3, 0.4) is 0 Å². The first-order valence-electron chi connectivity index (χ1n) is 6.64. The molecule has 90 valence electrons. The van der Waals surface area contributed by atoms with Crippen LogP contribution >= 0.6 is 0 Å². The molecule has 0 saturated carbocycles. The van der Waals surface area contributed by atoms with Gasteiger partial charge in [0.2, 0.25) is 0 Å². The zero-order valence-electron chi connectivity index (χ0n) is 11.1. The van der Waals surface area contributed by atoms with Gasteiger partial charge in [0, 0.05) is 6.54 Å². The highest BCUT2D eigenvalue weighted by Gasteiger charge is 2.14. The molecule has 1 aromatic rings. The lowest BCUT2D eigenvalue weighted by molar-refractivity contribution is 0.622. The molecule has 1 aliphatic heterocycles. The summed E-state index contributed by atoms with van der Waals surface area (Å²) >= 11 is 0. The van der Waals surface area contributed by atoms with E-state index in [9.17, 15) is 0 Å². The fourth-order valence-electron chi connectivity index (χ4n) is 2.22. The quantitative estimate of drug-likeness (QED) is 0.796. The molecular weight excluding hydrogens is 194 g/mol. The summed E-state index contributed by atoms with van der Waals surface area (Å²) in [6.07, 6.45) is 2.43. The van der Waals surface area contributed by atoms with Crippen molar-refractivity contribution in [2.75, 3.05) is 6.54 Å².